The number of carbonyl (C=O) groups is 6. The van der Waals surface area contributed by atoms with E-state index in [0.717, 1.165) is 72.5 Å². The van der Waals surface area contributed by atoms with E-state index in [4.69, 9.17) is 36.5 Å². The number of hydrogen-bond acceptors (Lipinski definition) is 13. The number of ether oxygens (including phenoxy) is 3. The highest BCUT2D eigenvalue weighted by Crippen LogP contribution is 2.34. The number of likely N-dealkylation sites (tertiary alicyclic amines) is 3. The van der Waals surface area contributed by atoms with Crippen LogP contribution >= 0.6 is 0 Å². The lowest BCUT2D eigenvalue weighted by Crippen LogP contribution is -2.40. The number of hydrogen-bond donors (Lipinski definition) is 3. The first-order valence-electron chi connectivity index (χ1n) is 32.7. The Balaban J connectivity index is 0.000000161. The first-order chi connectivity index (χ1) is 48.0. The van der Waals surface area contributed by atoms with E-state index in [0.29, 0.717) is 96.8 Å². The third-order valence-electron chi connectivity index (χ3n) is 16.7. The average Bonchev–Trinajstić information content (AvgIpc) is 1.68. The Morgan fingerprint density at radius 2 is 0.869 bits per heavy atom. The van der Waals surface area contributed by atoms with Gasteiger partial charge in [0.15, 0.2) is 0 Å². The minimum Gasteiger partial charge on any atom is -0.457 e. The van der Waals surface area contributed by atoms with E-state index in [1.807, 2.05) is 194 Å². The molecule has 0 aliphatic carbocycles. The van der Waals surface area contributed by atoms with E-state index in [1.165, 1.54) is 0 Å². The van der Waals surface area contributed by atoms with Gasteiger partial charge in [-0.1, -0.05) is 72.5 Å². The van der Waals surface area contributed by atoms with Gasteiger partial charge in [-0.3, -0.25) is 42.8 Å². The van der Waals surface area contributed by atoms with Gasteiger partial charge >= 0.3 is 0 Å². The number of primary amides is 3. The summed E-state index contributed by atoms with van der Waals surface area (Å²) in [5.41, 5.74) is 21.8. The summed E-state index contributed by atoms with van der Waals surface area (Å²) >= 11 is 0. The van der Waals surface area contributed by atoms with Gasteiger partial charge in [0.2, 0.25) is 5.91 Å². The zero-order chi connectivity index (χ0) is 69.8. The second-order valence-electron chi connectivity index (χ2n) is 24.1. The van der Waals surface area contributed by atoms with Crippen LogP contribution in [0.5, 0.6) is 34.5 Å². The highest BCUT2D eigenvalue weighted by atomic mass is 16.5. The van der Waals surface area contributed by atoms with Crippen LogP contribution < -0.4 is 31.4 Å². The van der Waals surface area contributed by atoms with E-state index in [2.05, 4.69) is 33.9 Å². The Hall–Kier alpha value is -12.0. The number of amides is 6. The van der Waals surface area contributed by atoms with Gasteiger partial charge in [-0.05, 0) is 188 Å². The fourth-order valence-corrected chi connectivity index (χ4v) is 11.8. The minimum atomic E-state index is -0.549. The quantitative estimate of drug-likeness (QED) is 0.0502. The molecule has 6 heterocycles. The van der Waals surface area contributed by atoms with E-state index < -0.39 is 17.7 Å². The van der Waals surface area contributed by atoms with Crippen LogP contribution in [0.25, 0.3) is 33.8 Å². The summed E-state index contributed by atoms with van der Waals surface area (Å²) in [7, 11) is 3.92. The summed E-state index contributed by atoms with van der Waals surface area (Å²) in [5, 5.41) is 14.0. The molecule has 506 valence electrons. The van der Waals surface area contributed by atoms with E-state index in [9.17, 15) is 28.8 Å². The van der Waals surface area contributed by atoms with Gasteiger partial charge in [0.1, 0.15) is 51.6 Å². The van der Waals surface area contributed by atoms with Gasteiger partial charge in [0, 0.05) is 80.6 Å². The molecule has 0 saturated carbocycles. The standard InChI is InChI=1S/C27H31N5O3.2C25H24N4O3/c1-30(2)16-7-11-25(33)31-17-6-8-21(18-31)32-19-24(27(28)34)26(29-32)20-12-14-23(15-13-20)35-22-9-4-3-5-10-22;1-2-7-23(30)29-15-6-8-19(29)16-28-17-22(25(26)31)24(27-28)18-11-13-21(14-12-18)32-20-9-4-3-5-10-20;1-2-7-23(30)28-15-6-8-19(16-28)29-17-22(25(26)31)24(27-29)18-11-13-21(14-12-18)32-20-9-4-3-5-10-20/h3-5,7,9-15,19,21H,6,8,16-18H2,1-2H3,(H2,28,34);2*3-5,9-14,17,19H,6,8,15-16H2,1H3,(H2,26,31)/b11-7+;;/t21-;2*19-/m101/s1. The number of rotatable bonds is 19. The number of nitrogens with two attached hydrogens (primary N) is 3. The maximum Gasteiger partial charge on any atom is 0.298 e. The molecule has 6 aromatic carbocycles. The summed E-state index contributed by atoms with van der Waals surface area (Å²) < 4.78 is 22.8. The van der Waals surface area contributed by atoms with Gasteiger partial charge in [-0.25, -0.2) is 0 Å². The van der Waals surface area contributed by atoms with Crippen molar-refractivity contribution in [3.05, 3.63) is 211 Å². The number of nitrogens with zero attached hydrogens (tertiary/aromatic N) is 10. The first-order valence-corrected chi connectivity index (χ1v) is 32.7. The molecule has 22 heteroatoms. The van der Waals surface area contributed by atoms with Gasteiger partial charge in [-0.15, -0.1) is 0 Å². The predicted octanol–water partition coefficient (Wildman–Crippen LogP) is 10.8. The van der Waals surface area contributed by atoms with E-state index in [1.54, 1.807) is 62.4 Å². The fourth-order valence-electron chi connectivity index (χ4n) is 11.8. The molecular weight excluding hydrogens is 1250 g/mol. The molecule has 0 radical (unpaired) electrons. The molecule has 3 fully saturated rings. The number of aromatic nitrogens is 6. The number of para-hydroxylation sites is 3. The number of carbonyl (C=O) groups excluding carboxylic acids is 6. The van der Waals surface area contributed by atoms with Gasteiger partial charge in [-0.2, -0.15) is 15.3 Å². The molecule has 0 spiro atoms. The van der Waals surface area contributed by atoms with Crippen molar-refractivity contribution in [1.29, 1.82) is 0 Å². The summed E-state index contributed by atoms with van der Waals surface area (Å²) in [6.07, 6.45) is 13.7. The van der Waals surface area contributed by atoms with Crippen molar-refractivity contribution in [3.63, 3.8) is 0 Å². The van der Waals surface area contributed by atoms with Crippen LogP contribution in [-0.4, -0.2) is 144 Å². The molecule has 3 saturated heterocycles. The molecule has 6 amide bonds. The second-order valence-corrected chi connectivity index (χ2v) is 24.1. The topological polar surface area (TPSA) is 275 Å². The Kier molecular flexibility index (Phi) is 23.7. The van der Waals surface area contributed by atoms with Crippen LogP contribution in [0, 0.1) is 23.7 Å². The third kappa shape index (κ3) is 18.7. The SMILES string of the molecule is CC#CC(=O)N1CCC[C@@H](n2cc(C(N)=O)c(-c3ccc(Oc4ccccc4)cc3)n2)C1.CC#CC(=O)N1CCC[C@H]1Cn1cc(C(N)=O)c(-c2ccc(Oc3ccccc3)cc2)n1.CN(C)C/C=C/C(=O)N1CCC[C@@H](n2cc(C(N)=O)c(-c3ccc(Oc4ccccc4)cc3)n2)C1. The van der Waals surface area contributed by atoms with Crippen molar-refractivity contribution in [2.45, 2.75) is 77.0 Å². The summed E-state index contributed by atoms with van der Waals surface area (Å²) in [6, 6.07) is 50.6. The van der Waals surface area contributed by atoms with Crippen molar-refractivity contribution in [3.8, 4) is 92.0 Å². The van der Waals surface area contributed by atoms with Crippen LogP contribution in [-0.2, 0) is 20.9 Å². The monoisotopic (exact) mass is 1330 g/mol. The number of likely N-dealkylation sites (N-methyl/N-ethyl adjacent to an activating group) is 1. The van der Waals surface area contributed by atoms with Crippen LogP contribution in [0.1, 0.15) is 95.5 Å². The molecule has 99 heavy (non-hydrogen) atoms. The lowest BCUT2D eigenvalue weighted by molar-refractivity contribution is -0.128. The van der Waals surface area contributed by atoms with Crippen LogP contribution in [0.2, 0.25) is 0 Å². The Bertz CT molecular complexity index is 4430. The highest BCUT2D eigenvalue weighted by Gasteiger charge is 2.31. The molecule has 22 nitrogen and oxygen atoms in total. The van der Waals surface area contributed by atoms with Crippen molar-refractivity contribution in [2.24, 2.45) is 17.2 Å². The number of benzene rings is 6. The van der Waals surface area contributed by atoms with Crippen molar-refractivity contribution in [2.75, 3.05) is 53.4 Å². The third-order valence-corrected chi connectivity index (χ3v) is 16.7. The predicted molar refractivity (Wildman–Crippen MR) is 377 cm³/mol. The Morgan fingerprint density at radius 3 is 1.29 bits per heavy atom. The van der Waals surface area contributed by atoms with Gasteiger partial charge in [0.25, 0.3) is 29.5 Å². The van der Waals surface area contributed by atoms with Crippen molar-refractivity contribution in [1.82, 2.24) is 48.9 Å². The summed E-state index contributed by atoms with van der Waals surface area (Å²) in [5.74, 6) is 12.8. The second kappa shape index (κ2) is 33.6. The molecule has 3 aromatic heterocycles. The molecular formula is C77H79N13O9. The lowest BCUT2D eigenvalue weighted by Gasteiger charge is -2.32. The summed E-state index contributed by atoms with van der Waals surface area (Å²) in [6.45, 7) is 7.58. The summed E-state index contributed by atoms with van der Waals surface area (Å²) in [4.78, 5) is 80.8. The maximum absolute atomic E-state index is 12.6. The average molecular weight is 1330 g/mol. The molecule has 6 N–H and O–H groups in total. The van der Waals surface area contributed by atoms with Gasteiger partial charge < -0.3 is 51.0 Å². The Morgan fingerprint density at radius 1 is 0.485 bits per heavy atom. The molecule has 3 atom stereocenters. The lowest BCUT2D eigenvalue weighted by atomic mass is 10.1. The highest BCUT2D eigenvalue weighted by molar-refractivity contribution is 6.00. The fraction of sp³-hybridized carbons (Fsp3) is 0.260. The molecule has 3 aliphatic heterocycles. The van der Waals surface area contributed by atoms with Gasteiger partial charge in [0.05, 0.1) is 41.4 Å². The van der Waals surface area contributed by atoms with E-state index >= 15 is 0 Å². The normalized spacial score (nSPS) is 15.6. The molecule has 0 unspecified atom stereocenters. The zero-order valence-corrected chi connectivity index (χ0v) is 55.8. The maximum atomic E-state index is 12.6. The first kappa shape index (κ1) is 69.8. The molecule has 3 aliphatic rings. The van der Waals surface area contributed by atoms with Crippen molar-refractivity contribution < 1.29 is 43.0 Å². The number of piperidine rings is 2. The van der Waals surface area contributed by atoms with Crippen LogP contribution in [0.3, 0.4) is 0 Å². The van der Waals surface area contributed by atoms with E-state index in [-0.39, 0.29) is 35.8 Å². The van der Waals surface area contributed by atoms with Crippen LogP contribution in [0.15, 0.2) is 195 Å². The zero-order valence-electron chi connectivity index (χ0n) is 55.8. The van der Waals surface area contributed by atoms with Crippen LogP contribution in [0.4, 0.5) is 0 Å². The van der Waals surface area contributed by atoms with Crippen molar-refractivity contribution >= 4 is 35.4 Å². The molecule has 0 bridgehead atoms. The smallest absolute Gasteiger partial charge is 0.298 e. The Labute approximate surface area is 575 Å². The largest absolute Gasteiger partial charge is 0.457 e. The minimum absolute atomic E-state index is 0.00643. The molecule has 9 aromatic rings. The molecule has 12 rings (SSSR count).